The molecule has 0 aromatic heterocycles. The van der Waals surface area contributed by atoms with Crippen molar-refractivity contribution in [3.05, 3.63) is 48.0 Å². The molecule has 3 rings (SSSR count). The zero-order chi connectivity index (χ0) is 29.5. The van der Waals surface area contributed by atoms with Crippen molar-refractivity contribution in [3.63, 3.8) is 0 Å². The van der Waals surface area contributed by atoms with Gasteiger partial charge in [0.15, 0.2) is 5.75 Å². The number of nitrogens with two attached hydrogens (primary N) is 1. The van der Waals surface area contributed by atoms with Crippen molar-refractivity contribution in [2.24, 2.45) is 5.73 Å². The van der Waals surface area contributed by atoms with Crippen molar-refractivity contribution in [2.45, 2.75) is 37.0 Å². The minimum absolute atomic E-state index is 0. The number of hydrogen-bond acceptors (Lipinski definition) is 10. The lowest BCUT2D eigenvalue weighted by molar-refractivity contribution is -0.263. The van der Waals surface area contributed by atoms with Crippen molar-refractivity contribution >= 4 is 44.6 Å². The third-order valence-electron chi connectivity index (χ3n) is 5.53. The molecule has 1 heterocycles. The van der Waals surface area contributed by atoms with E-state index in [4.69, 9.17) is 29.7 Å². The van der Waals surface area contributed by atoms with Gasteiger partial charge in [-0.2, -0.15) is 12.7 Å². The lowest BCUT2D eigenvalue weighted by atomic mass is 10.2. The van der Waals surface area contributed by atoms with Crippen LogP contribution in [0, 0.1) is 12.3 Å². The molecule has 0 atom stereocenters. The number of ether oxygens (including phenoxy) is 1. The van der Waals surface area contributed by atoms with Gasteiger partial charge < -0.3 is 24.4 Å². The fraction of sp³-hybridized carbons (Fsp3) is 0.417. The molecule has 0 spiro atoms. The number of carbonyl (C=O) groups excluding carboxylic acids is 1. The van der Waals surface area contributed by atoms with Crippen molar-refractivity contribution < 1.29 is 40.2 Å². The first-order valence-electron chi connectivity index (χ1n) is 12.4. The molecule has 228 valence electrons. The Morgan fingerprint density at radius 2 is 1.61 bits per heavy atom. The normalized spacial score (nSPS) is 14.1. The second kappa shape index (κ2) is 14.5. The lowest BCUT2D eigenvalue weighted by Gasteiger charge is -2.33. The number of carbonyl (C=O) groups is 1. The number of hydrogen-bond donors (Lipinski definition) is 2. The Kier molecular flexibility index (Phi) is 12.0. The second-order valence-corrected chi connectivity index (χ2v) is 12.0. The molecule has 14 nitrogen and oxygen atoms in total. The number of piperazine rings is 1. The molecule has 1 saturated heterocycles. The summed E-state index contributed by atoms with van der Waals surface area (Å²) >= 11 is 0. The van der Waals surface area contributed by atoms with E-state index in [9.17, 15) is 21.6 Å². The summed E-state index contributed by atoms with van der Waals surface area (Å²) in [6.45, 7) is 5.69. The molecule has 1 fully saturated rings. The number of rotatable bonds is 11. The van der Waals surface area contributed by atoms with Crippen LogP contribution in [0.25, 0.3) is 0 Å². The minimum atomic E-state index is -4.65. The smallest absolute Gasteiger partial charge is 0.409 e. The van der Waals surface area contributed by atoms with Crippen LogP contribution in [0.3, 0.4) is 0 Å². The maximum absolute atomic E-state index is 13.5. The number of nitrogens with one attached hydrogen (secondary N) is 1. The van der Waals surface area contributed by atoms with Crippen LogP contribution in [-0.4, -0.2) is 82.7 Å². The molecule has 0 bridgehead atoms. The Hall–Kier alpha value is -3.31. The van der Waals surface area contributed by atoms with E-state index in [0.717, 1.165) is 10.4 Å². The fourth-order valence-corrected chi connectivity index (χ4v) is 6.85. The van der Waals surface area contributed by atoms with Crippen LogP contribution in [0.2, 0.25) is 0 Å². The highest BCUT2D eigenvalue weighted by atomic mass is 35.5. The van der Waals surface area contributed by atoms with Gasteiger partial charge in [-0.15, -0.1) is 12.4 Å². The van der Waals surface area contributed by atoms with E-state index < -0.39 is 42.0 Å². The average molecular weight is 636 g/mol. The van der Waals surface area contributed by atoms with Gasteiger partial charge in [0.1, 0.15) is 15.5 Å². The molecule has 1 aliphatic rings. The van der Waals surface area contributed by atoms with Crippen LogP contribution in [0.1, 0.15) is 25.8 Å². The van der Waals surface area contributed by atoms with Gasteiger partial charge in [0, 0.05) is 32.2 Å². The standard InChI is InChI=1S/C24H33N5O9S2.ClH/c1-4-14-36-29(23(25)26)37-19-15-18(3)16-20(17-19)38-40(33,34)22-9-7-6-8-21(22)39(31,32)28-12-10-27(11-13-28)24(30)35-5-2;/h6-9,15-17H,4-5,10-14H2,1-3H3,(H3,25,26);1H. The van der Waals surface area contributed by atoms with Crippen molar-refractivity contribution in [1.82, 2.24) is 14.4 Å². The Morgan fingerprint density at radius 3 is 2.20 bits per heavy atom. The average Bonchev–Trinajstić information content (AvgIpc) is 2.90. The zero-order valence-electron chi connectivity index (χ0n) is 22.8. The van der Waals surface area contributed by atoms with Crippen molar-refractivity contribution in [3.8, 4) is 11.5 Å². The van der Waals surface area contributed by atoms with Crippen molar-refractivity contribution in [1.29, 1.82) is 5.41 Å². The summed E-state index contributed by atoms with van der Waals surface area (Å²) in [6.07, 6.45) is 0.0810. The minimum Gasteiger partial charge on any atom is -0.450 e. The molecular formula is C24H34ClN5O9S2. The Labute approximate surface area is 245 Å². The Morgan fingerprint density at radius 1 is 1.00 bits per heavy atom. The van der Waals surface area contributed by atoms with Gasteiger partial charge in [0.05, 0.1) is 13.2 Å². The molecule has 0 aliphatic carbocycles. The summed E-state index contributed by atoms with van der Waals surface area (Å²) in [5, 5.41) is 8.28. The number of amides is 1. The number of aryl methyl sites for hydroxylation is 1. The number of nitrogens with zero attached hydrogens (tertiary/aromatic N) is 3. The summed E-state index contributed by atoms with van der Waals surface area (Å²) in [5.74, 6) is -0.631. The molecule has 3 N–H and O–H groups in total. The van der Waals surface area contributed by atoms with Crippen LogP contribution in [0.5, 0.6) is 11.5 Å². The van der Waals surface area contributed by atoms with Crippen LogP contribution in [0.15, 0.2) is 52.3 Å². The van der Waals surface area contributed by atoms with Crippen LogP contribution in [-0.2, 0) is 29.7 Å². The maximum atomic E-state index is 13.5. The first-order valence-corrected chi connectivity index (χ1v) is 15.3. The van der Waals surface area contributed by atoms with E-state index >= 15 is 0 Å². The Balaban J connectivity index is 0.00000588. The van der Waals surface area contributed by atoms with E-state index in [1.807, 2.05) is 6.92 Å². The summed E-state index contributed by atoms with van der Waals surface area (Å²) < 4.78 is 65.1. The monoisotopic (exact) mass is 635 g/mol. The van der Waals surface area contributed by atoms with E-state index in [2.05, 4.69) is 0 Å². The van der Waals surface area contributed by atoms with Crippen LogP contribution < -0.4 is 14.8 Å². The molecule has 1 amide bonds. The largest absolute Gasteiger partial charge is 0.450 e. The predicted molar refractivity (Wildman–Crippen MR) is 151 cm³/mol. The molecular weight excluding hydrogens is 602 g/mol. The molecule has 0 unspecified atom stereocenters. The molecule has 41 heavy (non-hydrogen) atoms. The highest BCUT2D eigenvalue weighted by Crippen LogP contribution is 2.30. The molecule has 0 saturated carbocycles. The summed E-state index contributed by atoms with van der Waals surface area (Å²) in [5.41, 5.74) is 6.02. The summed E-state index contributed by atoms with van der Waals surface area (Å²) in [6, 6.07) is 9.31. The summed E-state index contributed by atoms with van der Waals surface area (Å²) in [4.78, 5) is 23.1. The molecule has 2 aromatic rings. The molecule has 0 radical (unpaired) electrons. The first kappa shape index (κ1) is 33.9. The zero-order valence-corrected chi connectivity index (χ0v) is 25.3. The number of guanidine groups is 1. The molecule has 1 aliphatic heterocycles. The number of hydroxylamine groups is 2. The highest BCUT2D eigenvalue weighted by molar-refractivity contribution is 7.91. The first-order chi connectivity index (χ1) is 18.9. The lowest BCUT2D eigenvalue weighted by Crippen LogP contribution is -2.50. The Bertz CT molecular complexity index is 1430. The van der Waals surface area contributed by atoms with Crippen LogP contribution in [0.4, 0.5) is 4.79 Å². The van der Waals surface area contributed by atoms with E-state index in [-0.39, 0.29) is 63.3 Å². The summed E-state index contributed by atoms with van der Waals surface area (Å²) in [7, 11) is -8.92. The SMILES string of the molecule is CCCON(Oc1cc(C)cc(OS(=O)(=O)c2ccccc2S(=O)(=O)N2CCN(C(=O)OCC)CC2)c1)C(=N)N.Cl. The van der Waals surface area contributed by atoms with Gasteiger partial charge in [0.25, 0.3) is 5.96 Å². The maximum Gasteiger partial charge on any atom is 0.409 e. The second-order valence-electron chi connectivity index (χ2n) is 8.62. The number of halogens is 1. The number of benzene rings is 2. The van der Waals surface area contributed by atoms with Gasteiger partial charge in [-0.3, -0.25) is 5.41 Å². The van der Waals surface area contributed by atoms with E-state index in [1.54, 1.807) is 19.9 Å². The number of sulfonamides is 1. The highest BCUT2D eigenvalue weighted by Gasteiger charge is 2.35. The van der Waals surface area contributed by atoms with E-state index in [0.29, 0.717) is 17.2 Å². The third-order valence-corrected chi connectivity index (χ3v) is 8.92. The van der Waals surface area contributed by atoms with E-state index in [1.165, 1.54) is 35.2 Å². The van der Waals surface area contributed by atoms with Crippen molar-refractivity contribution in [2.75, 3.05) is 39.4 Å². The van der Waals surface area contributed by atoms with Gasteiger partial charge in [-0.25, -0.2) is 18.0 Å². The van der Waals surface area contributed by atoms with Gasteiger partial charge >= 0.3 is 16.2 Å². The van der Waals surface area contributed by atoms with Gasteiger partial charge in [0.2, 0.25) is 10.0 Å². The quantitative estimate of drug-likeness (QED) is 0.160. The van der Waals surface area contributed by atoms with Gasteiger partial charge in [-0.1, -0.05) is 19.1 Å². The van der Waals surface area contributed by atoms with Gasteiger partial charge in [-0.05, 0) is 55.3 Å². The topological polar surface area (TPSA) is 182 Å². The third kappa shape index (κ3) is 8.59. The predicted octanol–water partition coefficient (Wildman–Crippen LogP) is 2.48. The molecule has 2 aromatic carbocycles. The molecule has 17 heteroatoms. The fourth-order valence-electron chi connectivity index (χ4n) is 3.74. The van der Waals surface area contributed by atoms with Crippen LogP contribution >= 0.6 is 12.4 Å².